The Morgan fingerprint density at radius 2 is 1.76 bits per heavy atom. The van der Waals surface area contributed by atoms with Crippen molar-refractivity contribution in [2.24, 2.45) is 46.3 Å². The predicted octanol–water partition coefficient (Wildman–Crippen LogP) is 5.13. The first kappa shape index (κ1) is 21.6. The lowest BCUT2D eigenvalue weighted by Gasteiger charge is -2.63. The molecular formula is C25H42O4. The molecule has 0 aromatic heterocycles. The van der Waals surface area contributed by atoms with Gasteiger partial charge < -0.3 is 14.9 Å². The van der Waals surface area contributed by atoms with Crippen LogP contribution in [-0.2, 0) is 9.53 Å². The Morgan fingerprint density at radius 3 is 2.45 bits per heavy atom. The summed E-state index contributed by atoms with van der Waals surface area (Å²) in [4.78, 5) is 11.1. The van der Waals surface area contributed by atoms with Crippen molar-refractivity contribution in [3.8, 4) is 0 Å². The van der Waals surface area contributed by atoms with E-state index in [4.69, 9.17) is 9.84 Å². The molecule has 4 rings (SSSR count). The van der Waals surface area contributed by atoms with Gasteiger partial charge in [-0.2, -0.15) is 0 Å². The number of ether oxygens (including phenoxy) is 1. The summed E-state index contributed by atoms with van der Waals surface area (Å²) in [5.41, 5.74) is 0.681. The first-order chi connectivity index (χ1) is 13.7. The molecule has 0 bridgehead atoms. The van der Waals surface area contributed by atoms with Crippen molar-refractivity contribution in [3.05, 3.63) is 0 Å². The minimum absolute atomic E-state index is 0.123. The fourth-order valence-corrected chi connectivity index (χ4v) is 8.95. The molecular weight excluding hydrogens is 364 g/mol. The predicted molar refractivity (Wildman–Crippen MR) is 113 cm³/mol. The van der Waals surface area contributed by atoms with Gasteiger partial charge in [-0.05, 0) is 104 Å². The maximum Gasteiger partial charge on any atom is 0.303 e. The summed E-state index contributed by atoms with van der Waals surface area (Å²) in [5, 5.41) is 19.5. The van der Waals surface area contributed by atoms with E-state index in [0.717, 1.165) is 32.1 Å². The smallest absolute Gasteiger partial charge is 0.303 e. The van der Waals surface area contributed by atoms with Gasteiger partial charge in [0.1, 0.15) is 0 Å². The quantitative estimate of drug-likeness (QED) is 0.664. The van der Waals surface area contributed by atoms with E-state index in [2.05, 4.69) is 20.8 Å². The van der Waals surface area contributed by atoms with Crippen LogP contribution in [0.1, 0.15) is 85.0 Å². The van der Waals surface area contributed by atoms with Gasteiger partial charge in [0.2, 0.25) is 0 Å². The van der Waals surface area contributed by atoms with E-state index in [-0.39, 0.29) is 6.10 Å². The molecule has 166 valence electrons. The number of hydrogen-bond acceptors (Lipinski definition) is 3. The summed E-state index contributed by atoms with van der Waals surface area (Å²) in [6.45, 7) is 7.34. The number of fused-ring (bicyclic) bond motifs is 5. The number of carbonyl (C=O) groups is 1. The first-order valence-corrected chi connectivity index (χ1v) is 12.1. The molecule has 0 aromatic rings. The van der Waals surface area contributed by atoms with E-state index < -0.39 is 5.97 Å². The van der Waals surface area contributed by atoms with Gasteiger partial charge in [-0.25, -0.2) is 0 Å². The maximum absolute atomic E-state index is 11.1. The molecule has 0 saturated heterocycles. The summed E-state index contributed by atoms with van der Waals surface area (Å²) in [5.74, 6) is 3.10. The van der Waals surface area contributed by atoms with Gasteiger partial charge in [-0.15, -0.1) is 0 Å². The fourth-order valence-electron chi connectivity index (χ4n) is 8.95. The summed E-state index contributed by atoms with van der Waals surface area (Å²) >= 11 is 0. The number of aliphatic hydroxyl groups is 1. The molecule has 0 heterocycles. The highest BCUT2D eigenvalue weighted by atomic mass is 16.5. The normalized spacial score (nSPS) is 50.3. The second kappa shape index (κ2) is 7.82. The average Bonchev–Trinajstić information content (AvgIpc) is 3.03. The Hall–Kier alpha value is -0.610. The van der Waals surface area contributed by atoms with Gasteiger partial charge in [0.05, 0.1) is 12.2 Å². The number of rotatable bonds is 5. The number of aliphatic carboxylic acids is 1. The third kappa shape index (κ3) is 3.46. The highest BCUT2D eigenvalue weighted by Crippen LogP contribution is 2.68. The van der Waals surface area contributed by atoms with Crippen LogP contribution in [0.25, 0.3) is 0 Å². The topological polar surface area (TPSA) is 66.8 Å². The van der Waals surface area contributed by atoms with Gasteiger partial charge in [0.25, 0.3) is 0 Å². The molecule has 0 aliphatic heterocycles. The SMILES string of the molecule is COC1C[C@@H]2C[C@H](O)CCC2(C)C2CCC3(C)[C@@H](C(C)CCC(=O)O)CC[C@H]3[C@H]12. The van der Waals surface area contributed by atoms with Gasteiger partial charge in [0, 0.05) is 13.5 Å². The van der Waals surface area contributed by atoms with Crippen molar-refractivity contribution in [2.75, 3.05) is 7.11 Å². The van der Waals surface area contributed by atoms with Crippen LogP contribution in [-0.4, -0.2) is 35.5 Å². The van der Waals surface area contributed by atoms with Crippen molar-refractivity contribution in [2.45, 2.75) is 97.2 Å². The van der Waals surface area contributed by atoms with Crippen molar-refractivity contribution >= 4 is 5.97 Å². The van der Waals surface area contributed by atoms with Gasteiger partial charge in [-0.3, -0.25) is 4.79 Å². The highest BCUT2D eigenvalue weighted by molar-refractivity contribution is 5.66. The van der Waals surface area contributed by atoms with Crippen molar-refractivity contribution in [1.82, 2.24) is 0 Å². The largest absolute Gasteiger partial charge is 0.481 e. The molecule has 4 aliphatic carbocycles. The van der Waals surface area contributed by atoms with E-state index in [0.29, 0.717) is 58.9 Å². The third-order valence-corrected chi connectivity index (χ3v) is 10.5. The summed E-state index contributed by atoms with van der Waals surface area (Å²) in [7, 11) is 1.90. The van der Waals surface area contributed by atoms with E-state index in [9.17, 15) is 9.90 Å². The van der Waals surface area contributed by atoms with E-state index in [1.165, 1.54) is 25.7 Å². The van der Waals surface area contributed by atoms with Crippen molar-refractivity contribution in [1.29, 1.82) is 0 Å². The Labute approximate surface area is 176 Å². The molecule has 5 unspecified atom stereocenters. The average molecular weight is 407 g/mol. The van der Waals surface area contributed by atoms with Crippen LogP contribution in [0.3, 0.4) is 0 Å². The van der Waals surface area contributed by atoms with Crippen LogP contribution in [0.4, 0.5) is 0 Å². The Kier molecular flexibility index (Phi) is 5.83. The summed E-state index contributed by atoms with van der Waals surface area (Å²) in [6.07, 6.45) is 10.6. The molecule has 4 fully saturated rings. The number of methoxy groups -OCH3 is 1. The molecule has 10 atom stereocenters. The second-order valence-corrected chi connectivity index (χ2v) is 11.6. The number of carboxylic acids is 1. The molecule has 0 spiro atoms. The first-order valence-electron chi connectivity index (χ1n) is 12.1. The third-order valence-electron chi connectivity index (χ3n) is 10.5. The fraction of sp³-hybridized carbons (Fsp3) is 0.960. The Balaban J connectivity index is 1.58. The van der Waals surface area contributed by atoms with Crippen LogP contribution >= 0.6 is 0 Å². The lowest BCUT2D eigenvalue weighted by atomic mass is 9.43. The van der Waals surface area contributed by atoms with E-state index in [1.807, 2.05) is 7.11 Å². The van der Waals surface area contributed by atoms with Crippen molar-refractivity contribution in [3.63, 3.8) is 0 Å². The monoisotopic (exact) mass is 406 g/mol. The number of hydrogen-bond donors (Lipinski definition) is 2. The standard InChI is InChI=1S/C25H42O4/c1-15(5-8-22(27)28)18-6-7-19-23-20(10-12-25(18,19)3)24(2)11-9-17(26)13-16(24)14-21(23)29-4/h15-21,23,26H,5-14H2,1-4H3,(H,27,28)/t15?,16-,17+,18+,19-,20?,21?,23-,24?,25?/m0/s1. The molecule has 0 amide bonds. The highest BCUT2D eigenvalue weighted by Gasteiger charge is 2.63. The molecule has 4 nitrogen and oxygen atoms in total. The second-order valence-electron chi connectivity index (χ2n) is 11.6. The zero-order valence-corrected chi connectivity index (χ0v) is 18.9. The van der Waals surface area contributed by atoms with Crippen LogP contribution < -0.4 is 0 Å². The van der Waals surface area contributed by atoms with E-state index >= 15 is 0 Å². The van der Waals surface area contributed by atoms with Gasteiger partial charge >= 0.3 is 5.97 Å². The Morgan fingerprint density at radius 1 is 1.07 bits per heavy atom. The summed E-state index contributed by atoms with van der Waals surface area (Å²) < 4.78 is 6.16. The summed E-state index contributed by atoms with van der Waals surface area (Å²) in [6, 6.07) is 0. The van der Waals surface area contributed by atoms with Crippen LogP contribution in [0, 0.1) is 46.3 Å². The molecule has 0 radical (unpaired) electrons. The minimum atomic E-state index is -0.662. The lowest BCUT2D eigenvalue weighted by Crippen LogP contribution is -2.59. The zero-order valence-electron chi connectivity index (χ0n) is 18.9. The molecule has 4 saturated carbocycles. The van der Waals surface area contributed by atoms with Gasteiger partial charge in [-0.1, -0.05) is 20.8 Å². The van der Waals surface area contributed by atoms with E-state index in [1.54, 1.807) is 0 Å². The number of carboxylic acid groups (broad SMARTS) is 1. The van der Waals surface area contributed by atoms with Crippen LogP contribution in [0.5, 0.6) is 0 Å². The lowest BCUT2D eigenvalue weighted by molar-refractivity contribution is -0.181. The molecule has 4 aliphatic rings. The molecule has 4 heteroatoms. The Bertz CT molecular complexity index is 620. The van der Waals surface area contributed by atoms with Crippen LogP contribution in [0.2, 0.25) is 0 Å². The minimum Gasteiger partial charge on any atom is -0.481 e. The van der Waals surface area contributed by atoms with Gasteiger partial charge in [0.15, 0.2) is 0 Å². The van der Waals surface area contributed by atoms with Crippen molar-refractivity contribution < 1.29 is 19.7 Å². The van der Waals surface area contributed by atoms with Crippen LogP contribution in [0.15, 0.2) is 0 Å². The number of aliphatic hydroxyl groups excluding tert-OH is 1. The molecule has 0 aromatic carbocycles. The zero-order chi connectivity index (χ0) is 21.0. The maximum atomic E-state index is 11.1. The molecule has 29 heavy (non-hydrogen) atoms. The molecule has 2 N–H and O–H groups in total.